The molecule has 0 aromatic heterocycles. The topological polar surface area (TPSA) is 89.5 Å². The molecule has 1 aliphatic rings. The highest BCUT2D eigenvalue weighted by Crippen LogP contribution is 2.31. The number of halogens is 1. The fourth-order valence-corrected chi connectivity index (χ4v) is 3.11. The number of hydrogen-bond acceptors (Lipinski definition) is 4. The van der Waals surface area contributed by atoms with Crippen molar-refractivity contribution < 1.29 is 19.5 Å². The molecule has 1 fully saturated rings. The van der Waals surface area contributed by atoms with Crippen molar-refractivity contribution in [2.75, 3.05) is 16.8 Å². The standard InChI is InChI=1S/C19H17ClN2O4/c1-11-15(20)3-2-4-16(11)22-10-13(9-17(22)23)18(24)21-14-7-5-12(6-8-14)19(25)26/h2-8,13H,9-10H2,1H3,(H,21,24)(H,25,26)/p-1/t13-/m1/s1. The second-order valence-corrected chi connectivity index (χ2v) is 6.55. The third-order valence-corrected chi connectivity index (χ3v) is 4.82. The molecule has 1 heterocycles. The number of carboxylic acids is 1. The van der Waals surface area contributed by atoms with E-state index in [0.29, 0.717) is 16.4 Å². The van der Waals surface area contributed by atoms with Crippen LogP contribution in [0.15, 0.2) is 42.5 Å². The van der Waals surface area contributed by atoms with Crippen molar-refractivity contribution in [2.24, 2.45) is 5.92 Å². The van der Waals surface area contributed by atoms with E-state index in [1.807, 2.05) is 6.92 Å². The molecule has 0 aliphatic carbocycles. The van der Waals surface area contributed by atoms with Gasteiger partial charge in [0.05, 0.1) is 11.9 Å². The Morgan fingerprint density at radius 3 is 2.54 bits per heavy atom. The molecule has 1 N–H and O–H groups in total. The van der Waals surface area contributed by atoms with E-state index in [1.54, 1.807) is 23.1 Å². The predicted octanol–water partition coefficient (Wildman–Crippen LogP) is 2.00. The quantitative estimate of drug-likeness (QED) is 0.890. The van der Waals surface area contributed by atoms with Crippen LogP contribution < -0.4 is 15.3 Å². The van der Waals surface area contributed by atoms with Crippen molar-refractivity contribution in [1.29, 1.82) is 0 Å². The molecule has 3 rings (SSSR count). The minimum atomic E-state index is -1.28. The van der Waals surface area contributed by atoms with Crippen molar-refractivity contribution in [3.05, 3.63) is 58.6 Å². The lowest BCUT2D eigenvalue weighted by Crippen LogP contribution is -2.28. The lowest BCUT2D eigenvalue weighted by molar-refractivity contribution is -0.255. The number of carboxylic acid groups (broad SMARTS) is 1. The zero-order valence-corrected chi connectivity index (χ0v) is 14.7. The average Bonchev–Trinajstić information content (AvgIpc) is 2.99. The van der Waals surface area contributed by atoms with E-state index in [2.05, 4.69) is 5.32 Å². The van der Waals surface area contributed by atoms with Gasteiger partial charge in [0.1, 0.15) is 0 Å². The van der Waals surface area contributed by atoms with Crippen LogP contribution in [0.25, 0.3) is 0 Å². The molecule has 6 nitrogen and oxygen atoms in total. The Morgan fingerprint density at radius 2 is 1.88 bits per heavy atom. The lowest BCUT2D eigenvalue weighted by atomic mass is 10.1. The Labute approximate surface area is 155 Å². The normalized spacial score (nSPS) is 16.6. The minimum Gasteiger partial charge on any atom is -0.545 e. The highest BCUT2D eigenvalue weighted by molar-refractivity contribution is 6.31. The summed E-state index contributed by atoms with van der Waals surface area (Å²) in [6.45, 7) is 2.10. The Bertz CT molecular complexity index is 880. The molecule has 2 aromatic rings. The Hall–Kier alpha value is -2.86. The van der Waals surface area contributed by atoms with Gasteiger partial charge < -0.3 is 20.1 Å². The first-order chi connectivity index (χ1) is 12.4. The summed E-state index contributed by atoms with van der Waals surface area (Å²) in [6, 6.07) is 11.0. The van der Waals surface area contributed by atoms with Crippen LogP contribution >= 0.6 is 11.6 Å². The van der Waals surface area contributed by atoms with Crippen LogP contribution in [0.4, 0.5) is 11.4 Å². The first kappa shape index (κ1) is 17.9. The van der Waals surface area contributed by atoms with Gasteiger partial charge in [0.25, 0.3) is 0 Å². The van der Waals surface area contributed by atoms with E-state index >= 15 is 0 Å². The van der Waals surface area contributed by atoms with Gasteiger partial charge >= 0.3 is 0 Å². The number of anilines is 2. The van der Waals surface area contributed by atoms with Crippen molar-refractivity contribution in [1.82, 2.24) is 0 Å². The number of benzene rings is 2. The van der Waals surface area contributed by atoms with Gasteiger partial charge in [-0.2, -0.15) is 0 Å². The first-order valence-corrected chi connectivity index (χ1v) is 8.42. The van der Waals surface area contributed by atoms with E-state index in [0.717, 1.165) is 5.56 Å². The van der Waals surface area contributed by atoms with Crippen LogP contribution in [0, 0.1) is 12.8 Å². The maximum atomic E-state index is 12.5. The zero-order chi connectivity index (χ0) is 18.8. The summed E-state index contributed by atoms with van der Waals surface area (Å²) < 4.78 is 0. The van der Waals surface area contributed by atoms with Gasteiger partial charge in [0.2, 0.25) is 11.8 Å². The molecule has 2 amide bonds. The van der Waals surface area contributed by atoms with Crippen LogP contribution in [-0.2, 0) is 9.59 Å². The SMILES string of the molecule is Cc1c(Cl)cccc1N1C[C@H](C(=O)Nc2ccc(C(=O)[O-])cc2)CC1=O. The number of rotatable bonds is 4. The van der Waals surface area contributed by atoms with Crippen LogP contribution in [0.2, 0.25) is 5.02 Å². The Kier molecular flexibility index (Phi) is 4.95. The third-order valence-electron chi connectivity index (χ3n) is 4.41. The Balaban J connectivity index is 1.71. The van der Waals surface area contributed by atoms with Gasteiger partial charge in [-0.15, -0.1) is 0 Å². The maximum absolute atomic E-state index is 12.5. The molecule has 7 heteroatoms. The lowest BCUT2D eigenvalue weighted by Gasteiger charge is -2.19. The van der Waals surface area contributed by atoms with E-state index in [4.69, 9.17) is 11.6 Å². The van der Waals surface area contributed by atoms with Crippen LogP contribution in [0.1, 0.15) is 22.3 Å². The molecule has 2 aromatic carbocycles. The second-order valence-electron chi connectivity index (χ2n) is 6.14. The molecule has 1 saturated heterocycles. The smallest absolute Gasteiger partial charge is 0.229 e. The van der Waals surface area contributed by atoms with E-state index < -0.39 is 11.9 Å². The van der Waals surface area contributed by atoms with Gasteiger partial charge in [0.15, 0.2) is 0 Å². The van der Waals surface area contributed by atoms with E-state index in [1.165, 1.54) is 24.3 Å². The number of carbonyl (C=O) groups excluding carboxylic acids is 3. The van der Waals surface area contributed by atoms with Crippen molar-refractivity contribution in [2.45, 2.75) is 13.3 Å². The van der Waals surface area contributed by atoms with Crippen LogP contribution in [-0.4, -0.2) is 24.3 Å². The minimum absolute atomic E-state index is 0.0293. The molecule has 1 atom stereocenters. The summed E-state index contributed by atoms with van der Waals surface area (Å²) in [7, 11) is 0. The molecule has 0 spiro atoms. The number of carbonyl (C=O) groups is 3. The molecule has 0 radical (unpaired) electrons. The van der Waals surface area contributed by atoms with Gasteiger partial charge in [-0.3, -0.25) is 9.59 Å². The Morgan fingerprint density at radius 1 is 1.19 bits per heavy atom. The number of hydrogen-bond donors (Lipinski definition) is 1. The van der Waals surface area contributed by atoms with Crippen molar-refractivity contribution in [3.63, 3.8) is 0 Å². The molecule has 1 aliphatic heterocycles. The van der Waals surface area contributed by atoms with Crippen LogP contribution in [0.5, 0.6) is 0 Å². The number of nitrogens with zero attached hydrogens (tertiary/aromatic N) is 1. The number of aromatic carboxylic acids is 1. The van der Waals surface area contributed by atoms with Gasteiger partial charge in [-0.1, -0.05) is 29.8 Å². The van der Waals surface area contributed by atoms with Gasteiger partial charge in [0, 0.05) is 29.4 Å². The van der Waals surface area contributed by atoms with Crippen molar-refractivity contribution in [3.8, 4) is 0 Å². The van der Waals surface area contributed by atoms with E-state index in [9.17, 15) is 19.5 Å². The predicted molar refractivity (Wildman–Crippen MR) is 96.1 cm³/mol. The zero-order valence-electron chi connectivity index (χ0n) is 14.0. The average molecular weight is 372 g/mol. The van der Waals surface area contributed by atoms with E-state index in [-0.39, 0.29) is 30.3 Å². The number of nitrogens with one attached hydrogen (secondary N) is 1. The summed E-state index contributed by atoms with van der Waals surface area (Å²) in [6.07, 6.45) is 0.106. The molecular weight excluding hydrogens is 356 g/mol. The summed E-state index contributed by atoms with van der Waals surface area (Å²) in [5, 5.41) is 14.0. The highest BCUT2D eigenvalue weighted by Gasteiger charge is 2.35. The largest absolute Gasteiger partial charge is 0.545 e. The fourth-order valence-electron chi connectivity index (χ4n) is 2.94. The summed E-state index contributed by atoms with van der Waals surface area (Å²) in [5.41, 5.74) is 1.99. The second kappa shape index (κ2) is 7.17. The maximum Gasteiger partial charge on any atom is 0.229 e. The first-order valence-electron chi connectivity index (χ1n) is 8.04. The molecule has 134 valence electrons. The summed E-state index contributed by atoms with van der Waals surface area (Å²) in [4.78, 5) is 37.1. The molecule has 0 unspecified atom stereocenters. The van der Waals surface area contributed by atoms with Gasteiger partial charge in [-0.05, 0) is 42.3 Å². The summed E-state index contributed by atoms with van der Waals surface area (Å²) in [5.74, 6) is -2.21. The van der Waals surface area contributed by atoms with Crippen molar-refractivity contribution >= 4 is 40.8 Å². The molecule has 0 saturated carbocycles. The monoisotopic (exact) mass is 371 g/mol. The van der Waals surface area contributed by atoms with Gasteiger partial charge in [-0.25, -0.2) is 0 Å². The highest BCUT2D eigenvalue weighted by atomic mass is 35.5. The molecular formula is C19H16ClN2O4-. The fraction of sp³-hybridized carbons (Fsp3) is 0.211. The van der Waals surface area contributed by atoms with Crippen LogP contribution in [0.3, 0.4) is 0 Å². The summed E-state index contributed by atoms with van der Waals surface area (Å²) >= 11 is 6.12. The molecule has 26 heavy (non-hydrogen) atoms. The number of amides is 2. The third kappa shape index (κ3) is 3.55. The molecule has 0 bridgehead atoms.